The van der Waals surface area contributed by atoms with Gasteiger partial charge in [0.2, 0.25) is 0 Å². The second-order valence-corrected chi connectivity index (χ2v) is 9.01. The Morgan fingerprint density at radius 1 is 1.19 bits per heavy atom. The molecule has 1 fully saturated rings. The molecule has 3 atom stereocenters. The van der Waals surface area contributed by atoms with Crippen LogP contribution in [0.5, 0.6) is 0 Å². The summed E-state index contributed by atoms with van der Waals surface area (Å²) in [5.41, 5.74) is 2.30. The van der Waals surface area contributed by atoms with Gasteiger partial charge >= 0.3 is 0 Å². The van der Waals surface area contributed by atoms with Crippen LogP contribution >= 0.6 is 11.6 Å². The SMILES string of the molecule is Cc1onc2c1c(=O)n(C1CCCC(NC(CO)c3ccccc3)C1)c1cccc(Cl)c21. The lowest BCUT2D eigenvalue weighted by atomic mass is 9.89. The Morgan fingerprint density at radius 2 is 2.00 bits per heavy atom. The van der Waals surface area contributed by atoms with Gasteiger partial charge in [-0.3, -0.25) is 4.79 Å². The molecular weight excluding hydrogens is 426 g/mol. The Hall–Kier alpha value is -2.67. The van der Waals surface area contributed by atoms with Crippen LogP contribution in [-0.2, 0) is 0 Å². The van der Waals surface area contributed by atoms with E-state index < -0.39 is 0 Å². The minimum atomic E-state index is -0.134. The maximum Gasteiger partial charge on any atom is 0.264 e. The van der Waals surface area contributed by atoms with Crippen LogP contribution in [0.1, 0.15) is 49.1 Å². The van der Waals surface area contributed by atoms with E-state index in [9.17, 15) is 9.90 Å². The highest BCUT2D eigenvalue weighted by Gasteiger charge is 2.29. The number of pyridine rings is 1. The van der Waals surface area contributed by atoms with Gasteiger partial charge in [0.05, 0.1) is 23.2 Å². The minimum Gasteiger partial charge on any atom is -0.394 e. The predicted molar refractivity (Wildman–Crippen MR) is 126 cm³/mol. The average Bonchev–Trinajstić information content (AvgIpc) is 3.20. The smallest absolute Gasteiger partial charge is 0.264 e. The number of aliphatic hydroxyl groups excluding tert-OH is 1. The maximum absolute atomic E-state index is 13.6. The molecule has 6 nitrogen and oxygen atoms in total. The van der Waals surface area contributed by atoms with E-state index in [0.717, 1.165) is 42.1 Å². The molecule has 32 heavy (non-hydrogen) atoms. The molecule has 166 valence electrons. The highest BCUT2D eigenvalue weighted by Crippen LogP contribution is 2.35. The summed E-state index contributed by atoms with van der Waals surface area (Å²) in [6.07, 6.45) is 3.69. The molecule has 2 aromatic carbocycles. The Morgan fingerprint density at radius 3 is 2.78 bits per heavy atom. The quantitative estimate of drug-likeness (QED) is 0.450. The monoisotopic (exact) mass is 451 g/mol. The molecule has 0 aliphatic heterocycles. The van der Waals surface area contributed by atoms with Gasteiger partial charge in [0.1, 0.15) is 16.7 Å². The van der Waals surface area contributed by atoms with E-state index in [1.165, 1.54) is 0 Å². The highest BCUT2D eigenvalue weighted by molar-refractivity contribution is 6.37. The van der Waals surface area contributed by atoms with Crippen LogP contribution < -0.4 is 10.9 Å². The van der Waals surface area contributed by atoms with Crippen LogP contribution in [0.25, 0.3) is 21.8 Å². The van der Waals surface area contributed by atoms with E-state index in [2.05, 4.69) is 10.5 Å². The van der Waals surface area contributed by atoms with Crippen molar-refractivity contribution < 1.29 is 9.63 Å². The fourth-order valence-electron chi connectivity index (χ4n) is 5.11. The van der Waals surface area contributed by atoms with Crippen molar-refractivity contribution in [2.45, 2.75) is 50.7 Å². The molecule has 0 saturated heterocycles. The number of hydrogen-bond donors (Lipinski definition) is 2. The van der Waals surface area contributed by atoms with Crippen molar-refractivity contribution >= 4 is 33.4 Å². The summed E-state index contributed by atoms with van der Waals surface area (Å²) in [6.45, 7) is 1.79. The number of aryl methyl sites for hydroxylation is 1. The molecular formula is C25H26ClN3O3. The van der Waals surface area contributed by atoms with Gasteiger partial charge in [-0.05, 0) is 50.3 Å². The third-order valence-electron chi connectivity index (χ3n) is 6.62. The van der Waals surface area contributed by atoms with E-state index in [0.29, 0.717) is 21.7 Å². The lowest BCUT2D eigenvalue weighted by molar-refractivity contribution is 0.205. The lowest BCUT2D eigenvalue weighted by Crippen LogP contribution is -2.40. The second kappa shape index (κ2) is 8.70. The maximum atomic E-state index is 13.6. The number of benzene rings is 2. The van der Waals surface area contributed by atoms with Gasteiger partial charge in [0, 0.05) is 17.5 Å². The van der Waals surface area contributed by atoms with Crippen molar-refractivity contribution in [3.63, 3.8) is 0 Å². The van der Waals surface area contributed by atoms with Gasteiger partial charge in [-0.15, -0.1) is 0 Å². The minimum absolute atomic E-state index is 0.0172. The summed E-state index contributed by atoms with van der Waals surface area (Å²) < 4.78 is 7.26. The lowest BCUT2D eigenvalue weighted by Gasteiger charge is -2.34. The zero-order valence-electron chi connectivity index (χ0n) is 17.9. The molecule has 0 bridgehead atoms. The Balaban J connectivity index is 1.54. The second-order valence-electron chi connectivity index (χ2n) is 8.60. The number of nitrogens with zero attached hydrogens (tertiary/aromatic N) is 2. The normalized spacial score (nSPS) is 20.1. The van der Waals surface area contributed by atoms with Crippen molar-refractivity contribution in [1.82, 2.24) is 15.0 Å². The molecule has 3 unspecified atom stereocenters. The third kappa shape index (κ3) is 3.62. The van der Waals surface area contributed by atoms with Crippen molar-refractivity contribution in [3.05, 3.63) is 75.2 Å². The fourth-order valence-corrected chi connectivity index (χ4v) is 5.37. The number of fused-ring (bicyclic) bond motifs is 3. The Labute approximate surface area is 190 Å². The van der Waals surface area contributed by atoms with Crippen LogP contribution in [0, 0.1) is 6.92 Å². The van der Waals surface area contributed by atoms with Gasteiger partial charge < -0.3 is 19.5 Å². The molecule has 1 aliphatic carbocycles. The molecule has 5 rings (SSSR count). The van der Waals surface area contributed by atoms with Gasteiger partial charge in [0.25, 0.3) is 5.56 Å². The molecule has 4 aromatic rings. The van der Waals surface area contributed by atoms with Crippen LogP contribution in [0.4, 0.5) is 0 Å². The topological polar surface area (TPSA) is 80.3 Å². The summed E-state index contributed by atoms with van der Waals surface area (Å²) in [6, 6.07) is 15.7. The van der Waals surface area contributed by atoms with E-state index in [4.69, 9.17) is 16.1 Å². The number of nitrogens with one attached hydrogen (secondary N) is 1. The first-order valence-electron chi connectivity index (χ1n) is 11.1. The molecule has 2 heterocycles. The van der Waals surface area contributed by atoms with Crippen molar-refractivity contribution in [2.75, 3.05) is 6.61 Å². The summed E-state index contributed by atoms with van der Waals surface area (Å²) >= 11 is 6.56. The van der Waals surface area contributed by atoms with Gasteiger partial charge in [-0.1, -0.05) is 53.2 Å². The number of aliphatic hydroxyl groups is 1. The first kappa shape index (κ1) is 21.2. The molecule has 0 amide bonds. The van der Waals surface area contributed by atoms with Crippen LogP contribution in [-0.4, -0.2) is 27.5 Å². The molecule has 2 N–H and O–H groups in total. The third-order valence-corrected chi connectivity index (χ3v) is 6.93. The summed E-state index contributed by atoms with van der Waals surface area (Å²) in [4.78, 5) is 13.6. The summed E-state index contributed by atoms with van der Waals surface area (Å²) in [7, 11) is 0. The van der Waals surface area contributed by atoms with E-state index in [1.807, 2.05) is 53.1 Å². The standard InChI is InChI=1S/C25H26ClN3O3/c1-15-22-24(28-32-15)23-19(26)11-6-12-21(23)29(25(22)31)18-10-5-9-17(13-18)27-20(14-30)16-7-3-2-4-8-16/h2-4,6-8,11-12,17-18,20,27,30H,5,9-10,13-14H2,1H3. The summed E-state index contributed by atoms with van der Waals surface area (Å²) in [5, 5.41) is 19.6. The van der Waals surface area contributed by atoms with E-state index in [-0.39, 0.29) is 30.3 Å². The predicted octanol–water partition coefficient (Wildman–Crippen LogP) is 4.91. The summed E-state index contributed by atoms with van der Waals surface area (Å²) in [5.74, 6) is 0.510. The number of rotatable bonds is 5. The largest absolute Gasteiger partial charge is 0.394 e. The van der Waals surface area contributed by atoms with E-state index in [1.54, 1.807) is 6.92 Å². The Kier molecular flexibility index (Phi) is 5.76. The average molecular weight is 452 g/mol. The zero-order chi connectivity index (χ0) is 22.2. The first-order chi connectivity index (χ1) is 15.6. The van der Waals surface area contributed by atoms with Crippen molar-refractivity contribution in [3.8, 4) is 0 Å². The number of halogens is 1. The zero-order valence-corrected chi connectivity index (χ0v) is 18.7. The molecule has 1 aliphatic rings. The van der Waals surface area contributed by atoms with Gasteiger partial charge in [0.15, 0.2) is 0 Å². The molecule has 0 spiro atoms. The fraction of sp³-hybridized carbons (Fsp3) is 0.360. The molecule has 7 heteroatoms. The van der Waals surface area contributed by atoms with Gasteiger partial charge in [-0.2, -0.15) is 0 Å². The molecule has 2 aromatic heterocycles. The van der Waals surface area contributed by atoms with Crippen molar-refractivity contribution in [1.29, 1.82) is 0 Å². The van der Waals surface area contributed by atoms with Crippen LogP contribution in [0.2, 0.25) is 5.02 Å². The Bertz CT molecular complexity index is 1320. The van der Waals surface area contributed by atoms with Crippen LogP contribution in [0.3, 0.4) is 0 Å². The number of aromatic nitrogens is 2. The first-order valence-corrected chi connectivity index (χ1v) is 11.5. The van der Waals surface area contributed by atoms with Crippen LogP contribution in [0.15, 0.2) is 57.8 Å². The molecule has 1 saturated carbocycles. The van der Waals surface area contributed by atoms with E-state index >= 15 is 0 Å². The number of hydrogen-bond acceptors (Lipinski definition) is 5. The van der Waals surface area contributed by atoms with Gasteiger partial charge in [-0.25, -0.2) is 0 Å². The van der Waals surface area contributed by atoms with Crippen molar-refractivity contribution in [2.24, 2.45) is 0 Å². The molecule has 0 radical (unpaired) electrons. The highest BCUT2D eigenvalue weighted by atomic mass is 35.5.